The summed E-state index contributed by atoms with van der Waals surface area (Å²) in [6.07, 6.45) is 1.92. The van der Waals surface area contributed by atoms with E-state index in [1.54, 1.807) is 16.7 Å². The van der Waals surface area contributed by atoms with Crippen LogP contribution in [0, 0.1) is 0 Å². The van der Waals surface area contributed by atoms with Gasteiger partial charge in [0.1, 0.15) is 4.70 Å². The van der Waals surface area contributed by atoms with Crippen LogP contribution in [-0.4, -0.2) is 43.5 Å². The van der Waals surface area contributed by atoms with Crippen molar-refractivity contribution in [2.45, 2.75) is 37.2 Å². The third-order valence-electron chi connectivity index (χ3n) is 5.33. The molecule has 1 saturated heterocycles. The van der Waals surface area contributed by atoms with Crippen LogP contribution in [0.1, 0.15) is 18.4 Å². The molecule has 0 saturated carbocycles. The van der Waals surface area contributed by atoms with Gasteiger partial charge in [0, 0.05) is 18.2 Å². The van der Waals surface area contributed by atoms with Crippen molar-refractivity contribution in [2.24, 2.45) is 0 Å². The van der Waals surface area contributed by atoms with E-state index < -0.39 is 0 Å². The minimum absolute atomic E-state index is 0.000334. The maximum absolute atomic E-state index is 13.1. The van der Waals surface area contributed by atoms with Gasteiger partial charge in [-0.1, -0.05) is 35.5 Å². The van der Waals surface area contributed by atoms with E-state index in [1.807, 2.05) is 28.0 Å². The monoisotopic (exact) mass is 489 g/mol. The maximum atomic E-state index is 13.1. The Morgan fingerprint density at radius 2 is 2.12 bits per heavy atom. The standard InChI is InChI=1S/C21H20ClN5O3S2/c22-14-5-3-13(4-6-14)10-23-17(28)12-32-21-25-24-20-26(11-15-2-1-8-30-15)19(29)18-16(27(20)21)7-9-31-18/h3-7,9,15H,1-2,8,10-12H2,(H,23,28). The number of benzene rings is 1. The second-order valence-corrected chi connectivity index (χ2v) is 9.79. The number of carbonyl (C=O) groups is 1. The Morgan fingerprint density at radius 3 is 2.91 bits per heavy atom. The molecule has 1 aliphatic rings. The van der Waals surface area contributed by atoms with Gasteiger partial charge in [-0.2, -0.15) is 0 Å². The number of aromatic nitrogens is 4. The number of hydrogen-bond donors (Lipinski definition) is 1. The summed E-state index contributed by atoms with van der Waals surface area (Å²) in [6.45, 7) is 1.59. The highest BCUT2D eigenvalue weighted by atomic mass is 35.5. The Kier molecular flexibility index (Phi) is 6.18. The molecule has 1 atom stereocenters. The summed E-state index contributed by atoms with van der Waals surface area (Å²) >= 11 is 8.58. The van der Waals surface area contributed by atoms with Crippen molar-refractivity contribution >= 4 is 56.6 Å². The lowest BCUT2D eigenvalue weighted by Gasteiger charge is -2.13. The number of nitrogens with one attached hydrogen (secondary N) is 1. The van der Waals surface area contributed by atoms with Crippen molar-refractivity contribution in [2.75, 3.05) is 12.4 Å². The number of ether oxygens (including phenoxy) is 1. The van der Waals surface area contributed by atoms with Crippen molar-refractivity contribution in [3.63, 3.8) is 0 Å². The summed E-state index contributed by atoms with van der Waals surface area (Å²) in [5.41, 5.74) is 1.65. The summed E-state index contributed by atoms with van der Waals surface area (Å²) in [4.78, 5) is 25.5. The van der Waals surface area contributed by atoms with Crippen molar-refractivity contribution in [3.8, 4) is 0 Å². The fourth-order valence-electron chi connectivity index (χ4n) is 3.73. The first-order chi connectivity index (χ1) is 15.6. The lowest BCUT2D eigenvalue weighted by atomic mass is 10.2. The molecule has 4 heterocycles. The Balaban J connectivity index is 1.36. The maximum Gasteiger partial charge on any atom is 0.272 e. The number of fused-ring (bicyclic) bond motifs is 3. The molecule has 1 amide bonds. The van der Waals surface area contributed by atoms with E-state index in [-0.39, 0.29) is 23.3 Å². The molecule has 166 valence electrons. The average molecular weight is 490 g/mol. The topological polar surface area (TPSA) is 90.5 Å². The fraction of sp³-hybridized carbons (Fsp3) is 0.333. The largest absolute Gasteiger partial charge is 0.376 e. The molecule has 8 nitrogen and oxygen atoms in total. The van der Waals surface area contributed by atoms with Crippen LogP contribution in [0.4, 0.5) is 0 Å². The van der Waals surface area contributed by atoms with Crippen molar-refractivity contribution in [3.05, 3.63) is 56.7 Å². The van der Waals surface area contributed by atoms with Gasteiger partial charge in [-0.15, -0.1) is 21.5 Å². The SMILES string of the molecule is O=C(CSc1nnc2n(CC3CCCO3)c(=O)c3sccc3n12)NCc1ccc(Cl)cc1. The first kappa shape index (κ1) is 21.4. The molecular formula is C21H20ClN5O3S2. The van der Waals surface area contributed by atoms with Crippen molar-refractivity contribution in [1.29, 1.82) is 0 Å². The van der Waals surface area contributed by atoms with Crippen molar-refractivity contribution < 1.29 is 9.53 Å². The molecule has 1 fully saturated rings. The molecule has 1 N–H and O–H groups in total. The number of hydrogen-bond acceptors (Lipinski definition) is 7. The lowest BCUT2D eigenvalue weighted by Crippen LogP contribution is -2.28. The smallest absolute Gasteiger partial charge is 0.272 e. The van der Waals surface area contributed by atoms with E-state index in [9.17, 15) is 9.59 Å². The molecular weight excluding hydrogens is 470 g/mol. The first-order valence-corrected chi connectivity index (χ1v) is 12.4. The highest BCUT2D eigenvalue weighted by Gasteiger charge is 2.22. The zero-order valence-electron chi connectivity index (χ0n) is 17.0. The molecule has 32 heavy (non-hydrogen) atoms. The summed E-state index contributed by atoms with van der Waals surface area (Å²) in [6, 6.07) is 9.23. The summed E-state index contributed by atoms with van der Waals surface area (Å²) < 4.78 is 9.88. The van der Waals surface area contributed by atoms with E-state index in [4.69, 9.17) is 16.3 Å². The Morgan fingerprint density at radius 1 is 1.28 bits per heavy atom. The van der Waals surface area contributed by atoms with Gasteiger partial charge in [0.2, 0.25) is 11.7 Å². The molecule has 1 aromatic carbocycles. The number of carbonyl (C=O) groups excluding carboxylic acids is 1. The van der Waals surface area contributed by atoms with Gasteiger partial charge in [0.15, 0.2) is 5.16 Å². The van der Waals surface area contributed by atoms with Gasteiger partial charge in [-0.3, -0.25) is 18.6 Å². The molecule has 0 spiro atoms. The van der Waals surface area contributed by atoms with Crippen LogP contribution in [0.5, 0.6) is 0 Å². The zero-order chi connectivity index (χ0) is 22.1. The molecule has 11 heteroatoms. The van der Waals surface area contributed by atoms with Gasteiger partial charge in [-0.05, 0) is 42.0 Å². The summed E-state index contributed by atoms with van der Waals surface area (Å²) in [5.74, 6) is 0.543. The fourth-order valence-corrected chi connectivity index (χ4v) is 5.45. The predicted octanol–water partition coefficient (Wildman–Crippen LogP) is 3.35. The van der Waals surface area contributed by atoms with Crippen LogP contribution < -0.4 is 10.9 Å². The van der Waals surface area contributed by atoms with Gasteiger partial charge in [0.25, 0.3) is 5.56 Å². The van der Waals surface area contributed by atoms with Crippen LogP contribution in [0.3, 0.4) is 0 Å². The van der Waals surface area contributed by atoms with Gasteiger partial charge >= 0.3 is 0 Å². The molecule has 5 rings (SSSR count). The minimum Gasteiger partial charge on any atom is -0.376 e. The highest BCUT2D eigenvalue weighted by Crippen LogP contribution is 2.25. The molecule has 1 unspecified atom stereocenters. The Hall–Kier alpha value is -2.40. The molecule has 3 aromatic heterocycles. The van der Waals surface area contributed by atoms with Crippen LogP contribution in [-0.2, 0) is 22.6 Å². The number of rotatable bonds is 7. The number of amides is 1. The number of thiophene rings is 1. The Labute approximate surface area is 196 Å². The molecule has 4 aromatic rings. The number of nitrogens with zero attached hydrogens (tertiary/aromatic N) is 4. The predicted molar refractivity (Wildman–Crippen MR) is 126 cm³/mol. The summed E-state index contributed by atoms with van der Waals surface area (Å²) in [5, 5.41) is 14.6. The molecule has 1 aliphatic heterocycles. The van der Waals surface area contributed by atoms with Gasteiger partial charge in [-0.25, -0.2) is 0 Å². The summed E-state index contributed by atoms with van der Waals surface area (Å²) in [7, 11) is 0. The van der Waals surface area contributed by atoms with Crippen LogP contribution >= 0.6 is 34.7 Å². The van der Waals surface area contributed by atoms with Crippen LogP contribution in [0.2, 0.25) is 5.02 Å². The third kappa shape index (κ3) is 4.27. The van der Waals surface area contributed by atoms with E-state index in [1.165, 1.54) is 23.1 Å². The van der Waals surface area contributed by atoms with Crippen molar-refractivity contribution in [1.82, 2.24) is 24.5 Å². The highest BCUT2D eigenvalue weighted by molar-refractivity contribution is 7.99. The molecule has 0 bridgehead atoms. The lowest BCUT2D eigenvalue weighted by molar-refractivity contribution is -0.118. The number of thioether (sulfide) groups is 1. The van der Waals surface area contributed by atoms with E-state index in [0.717, 1.165) is 30.5 Å². The second kappa shape index (κ2) is 9.22. The molecule has 0 radical (unpaired) electrons. The normalized spacial score (nSPS) is 16.2. The minimum atomic E-state index is -0.115. The van der Waals surface area contributed by atoms with E-state index >= 15 is 0 Å². The third-order valence-corrected chi connectivity index (χ3v) is 7.40. The Bertz CT molecular complexity index is 1330. The van der Waals surface area contributed by atoms with E-state index in [2.05, 4.69) is 15.5 Å². The zero-order valence-corrected chi connectivity index (χ0v) is 19.4. The van der Waals surface area contributed by atoms with Crippen LogP contribution in [0.25, 0.3) is 16.0 Å². The average Bonchev–Trinajstić information content (AvgIpc) is 3.55. The molecule has 0 aliphatic carbocycles. The quantitative estimate of drug-likeness (QED) is 0.400. The van der Waals surface area contributed by atoms with Gasteiger partial charge in [0.05, 0.1) is 23.9 Å². The van der Waals surface area contributed by atoms with Gasteiger partial charge < -0.3 is 10.1 Å². The second-order valence-electron chi connectivity index (χ2n) is 7.50. The number of halogens is 1. The van der Waals surface area contributed by atoms with E-state index in [0.29, 0.717) is 33.7 Å². The first-order valence-electron chi connectivity index (χ1n) is 10.2. The van der Waals surface area contributed by atoms with Crippen LogP contribution in [0.15, 0.2) is 45.7 Å².